The second kappa shape index (κ2) is 10.9. The Morgan fingerprint density at radius 1 is 1.17 bits per heavy atom. The fourth-order valence-corrected chi connectivity index (χ4v) is 6.53. The van der Waals surface area contributed by atoms with E-state index in [2.05, 4.69) is 19.9 Å². The van der Waals surface area contributed by atoms with Crippen LogP contribution in [0.2, 0.25) is 0 Å². The maximum atomic E-state index is 15.9. The van der Waals surface area contributed by atoms with Gasteiger partial charge in [-0.25, -0.2) is 13.2 Å². The largest absolute Gasteiger partial charge is 0.508 e. The highest BCUT2D eigenvalue weighted by Gasteiger charge is 2.39. The highest BCUT2D eigenvalue weighted by Crippen LogP contribution is 2.40. The molecule has 222 valence electrons. The quantitative estimate of drug-likeness (QED) is 0.341. The van der Waals surface area contributed by atoms with Gasteiger partial charge in [-0.1, -0.05) is 13.0 Å². The van der Waals surface area contributed by atoms with E-state index in [0.29, 0.717) is 59.6 Å². The lowest BCUT2D eigenvalue weighted by Crippen LogP contribution is -2.60. The Hall–Kier alpha value is -3.70. The number of pyridine rings is 1. The van der Waals surface area contributed by atoms with E-state index < -0.39 is 23.4 Å². The third-order valence-corrected chi connectivity index (χ3v) is 8.41. The molecule has 5 heterocycles. The van der Waals surface area contributed by atoms with Crippen LogP contribution in [0, 0.1) is 11.6 Å². The van der Waals surface area contributed by atoms with Crippen LogP contribution in [-0.2, 0) is 6.42 Å². The van der Waals surface area contributed by atoms with Crippen LogP contribution in [0.15, 0.2) is 30.5 Å². The standard InChI is InChI=1S/C24H22F2N4O3.C7H12FN/c1-4-14-17(25)6-5-12-7-13(31)8-15(18(12)14)20-19(26)21-16(9-27-20)22(29-23(28-21)33-3)30-10-24(2,32)11-30;8-6-4-7-2-1-3-9(7)5-6/h5-9,31-32H,4,10-11H2,1-3H3;6-7H,1-5H2/t;6-,7?/m.1/s1. The molecule has 0 radical (unpaired) electrons. The van der Waals surface area contributed by atoms with Crippen LogP contribution in [0.4, 0.5) is 19.0 Å². The summed E-state index contributed by atoms with van der Waals surface area (Å²) < 4.78 is 48.3. The summed E-state index contributed by atoms with van der Waals surface area (Å²) in [5.74, 6) is -0.826. The number of rotatable bonds is 4. The summed E-state index contributed by atoms with van der Waals surface area (Å²) in [4.78, 5) is 17.0. The van der Waals surface area contributed by atoms with Crippen molar-refractivity contribution in [3.63, 3.8) is 0 Å². The van der Waals surface area contributed by atoms with E-state index >= 15 is 4.39 Å². The summed E-state index contributed by atoms with van der Waals surface area (Å²) in [5, 5.41) is 21.8. The molecule has 7 rings (SSSR count). The molecule has 1 unspecified atom stereocenters. The smallest absolute Gasteiger partial charge is 0.318 e. The van der Waals surface area contributed by atoms with Crippen molar-refractivity contribution in [2.45, 2.75) is 57.3 Å². The number of aryl methyl sites for hydroxylation is 1. The molecule has 4 aromatic rings. The molecule has 11 heteroatoms. The summed E-state index contributed by atoms with van der Waals surface area (Å²) >= 11 is 0. The number of phenols is 1. The summed E-state index contributed by atoms with van der Waals surface area (Å²) in [5.41, 5.74) is -0.262. The van der Waals surface area contributed by atoms with Crippen molar-refractivity contribution in [2.75, 3.05) is 38.2 Å². The lowest BCUT2D eigenvalue weighted by Gasteiger charge is -2.45. The van der Waals surface area contributed by atoms with Crippen molar-refractivity contribution in [1.29, 1.82) is 0 Å². The minimum absolute atomic E-state index is 0.0145. The van der Waals surface area contributed by atoms with Gasteiger partial charge in [-0.15, -0.1) is 0 Å². The number of aliphatic hydroxyl groups is 1. The summed E-state index contributed by atoms with van der Waals surface area (Å²) in [6.07, 6.45) is 4.65. The molecule has 42 heavy (non-hydrogen) atoms. The number of fused-ring (bicyclic) bond motifs is 3. The van der Waals surface area contributed by atoms with Gasteiger partial charge < -0.3 is 19.8 Å². The van der Waals surface area contributed by atoms with Crippen molar-refractivity contribution in [3.8, 4) is 23.0 Å². The number of hydrogen-bond donors (Lipinski definition) is 2. The molecule has 3 saturated heterocycles. The summed E-state index contributed by atoms with van der Waals surface area (Å²) in [6.45, 7) is 6.02. The first-order valence-corrected chi connectivity index (χ1v) is 14.3. The monoisotopic (exact) mass is 581 g/mol. The summed E-state index contributed by atoms with van der Waals surface area (Å²) in [6, 6.07) is 6.35. The maximum Gasteiger partial charge on any atom is 0.318 e. The van der Waals surface area contributed by atoms with E-state index in [1.165, 1.54) is 44.3 Å². The van der Waals surface area contributed by atoms with Crippen LogP contribution in [0.25, 0.3) is 32.9 Å². The second-order valence-electron chi connectivity index (χ2n) is 11.7. The molecule has 0 bridgehead atoms. The average Bonchev–Trinajstić information content (AvgIpc) is 3.52. The molecule has 8 nitrogen and oxygen atoms in total. The van der Waals surface area contributed by atoms with Gasteiger partial charge in [0.2, 0.25) is 0 Å². The number of nitrogens with zero attached hydrogens (tertiary/aromatic N) is 5. The number of phenolic OH excluding ortho intramolecular Hbond substituents is 1. The van der Waals surface area contributed by atoms with Gasteiger partial charge in [-0.2, -0.15) is 9.97 Å². The number of halogens is 3. The third-order valence-electron chi connectivity index (χ3n) is 8.41. The van der Waals surface area contributed by atoms with Crippen molar-refractivity contribution in [3.05, 3.63) is 47.7 Å². The van der Waals surface area contributed by atoms with Crippen molar-refractivity contribution >= 4 is 27.5 Å². The number of hydrogen-bond acceptors (Lipinski definition) is 8. The number of β-amino-alcohol motifs (C(OH)–C–C–N with tert-alkyl or cyclic N) is 1. The van der Waals surface area contributed by atoms with Crippen LogP contribution in [0.3, 0.4) is 0 Å². The highest BCUT2D eigenvalue weighted by atomic mass is 19.1. The van der Waals surface area contributed by atoms with E-state index in [9.17, 15) is 19.0 Å². The van der Waals surface area contributed by atoms with Crippen LogP contribution < -0.4 is 9.64 Å². The molecule has 0 saturated carbocycles. The van der Waals surface area contributed by atoms with Crippen LogP contribution >= 0.6 is 0 Å². The molecule has 3 fully saturated rings. The van der Waals surface area contributed by atoms with Crippen LogP contribution in [0.5, 0.6) is 11.8 Å². The van der Waals surface area contributed by atoms with Gasteiger partial charge in [0.1, 0.15) is 34.8 Å². The van der Waals surface area contributed by atoms with Gasteiger partial charge in [0, 0.05) is 37.4 Å². The van der Waals surface area contributed by atoms with Gasteiger partial charge in [-0.05, 0) is 73.7 Å². The van der Waals surface area contributed by atoms with Crippen molar-refractivity contribution < 1.29 is 28.1 Å². The fourth-order valence-electron chi connectivity index (χ4n) is 6.53. The molecule has 0 spiro atoms. The number of ether oxygens (including phenoxy) is 1. The lowest BCUT2D eigenvalue weighted by molar-refractivity contribution is 0.0306. The van der Waals surface area contributed by atoms with Gasteiger partial charge in [-0.3, -0.25) is 9.88 Å². The molecule has 2 N–H and O–H groups in total. The molecular weight excluding hydrogens is 547 g/mol. The highest BCUT2D eigenvalue weighted by molar-refractivity contribution is 6.01. The minimum atomic E-state index is -0.864. The Morgan fingerprint density at radius 2 is 1.95 bits per heavy atom. The minimum Gasteiger partial charge on any atom is -0.508 e. The third kappa shape index (κ3) is 5.09. The average molecular weight is 582 g/mol. The van der Waals surface area contributed by atoms with Crippen LogP contribution in [-0.4, -0.2) is 81.2 Å². The predicted octanol–water partition coefficient (Wildman–Crippen LogP) is 5.16. The number of alkyl halides is 1. The Bertz CT molecular complexity index is 1650. The molecule has 2 aromatic carbocycles. The summed E-state index contributed by atoms with van der Waals surface area (Å²) in [7, 11) is 1.39. The number of aromatic hydroxyl groups is 1. The van der Waals surface area contributed by atoms with E-state index in [4.69, 9.17) is 4.74 Å². The Labute approximate surface area is 241 Å². The van der Waals surface area contributed by atoms with E-state index in [-0.39, 0.29) is 28.5 Å². The van der Waals surface area contributed by atoms with Crippen LogP contribution in [0.1, 0.15) is 38.7 Å². The Balaban J connectivity index is 0.000000296. The number of methoxy groups -OCH3 is 1. The van der Waals surface area contributed by atoms with E-state index in [1.807, 2.05) is 6.92 Å². The first-order chi connectivity index (χ1) is 20.1. The van der Waals surface area contributed by atoms with Gasteiger partial charge >= 0.3 is 6.01 Å². The number of benzene rings is 2. The first kappa shape index (κ1) is 28.4. The molecule has 2 atom stereocenters. The lowest BCUT2D eigenvalue weighted by atomic mass is 9.94. The molecule has 0 aliphatic carbocycles. The fraction of sp³-hybridized carbons (Fsp3) is 0.452. The van der Waals surface area contributed by atoms with Gasteiger partial charge in [0.25, 0.3) is 0 Å². The molecule has 2 aromatic heterocycles. The van der Waals surface area contributed by atoms with E-state index in [1.54, 1.807) is 17.9 Å². The molecular formula is C31H34F3N5O3. The van der Waals surface area contributed by atoms with Crippen molar-refractivity contribution in [1.82, 2.24) is 19.9 Å². The SMILES string of the molecule is CCc1c(F)ccc2cc(O)cc(-c3ncc4c(N5CC(C)(O)C5)nc(OC)nc4c3F)c12.F[C@@H]1CC2CCCN2C1. The maximum absolute atomic E-state index is 15.9. The molecule has 0 amide bonds. The second-order valence-corrected chi connectivity index (χ2v) is 11.7. The normalized spacial score (nSPS) is 21.3. The molecule has 3 aliphatic rings. The number of aromatic nitrogens is 3. The zero-order valence-corrected chi connectivity index (χ0v) is 23.9. The van der Waals surface area contributed by atoms with E-state index in [0.717, 1.165) is 13.0 Å². The van der Waals surface area contributed by atoms with Gasteiger partial charge in [0.05, 0.1) is 18.1 Å². The first-order valence-electron chi connectivity index (χ1n) is 14.3. The molecule has 3 aliphatic heterocycles. The topological polar surface area (TPSA) is 94.8 Å². The predicted molar refractivity (Wildman–Crippen MR) is 155 cm³/mol. The Morgan fingerprint density at radius 3 is 2.64 bits per heavy atom. The zero-order chi connectivity index (χ0) is 29.8. The number of anilines is 1. The zero-order valence-electron chi connectivity index (χ0n) is 23.9. The van der Waals surface area contributed by atoms with Gasteiger partial charge in [0.15, 0.2) is 5.82 Å². The Kier molecular flexibility index (Phi) is 7.34. The van der Waals surface area contributed by atoms with Crippen molar-refractivity contribution in [2.24, 2.45) is 0 Å².